The summed E-state index contributed by atoms with van der Waals surface area (Å²) < 4.78 is 0. The van der Waals surface area contributed by atoms with Gasteiger partial charge in [-0.3, -0.25) is 4.79 Å². The van der Waals surface area contributed by atoms with Gasteiger partial charge in [-0.2, -0.15) is 9.59 Å². The molecule has 1 N–H and O–H groups in total. The van der Waals surface area contributed by atoms with Crippen molar-refractivity contribution in [3.63, 3.8) is 0 Å². The Bertz CT molecular complexity index is 74.9. The lowest BCUT2D eigenvalue weighted by Gasteiger charge is -1.59. The van der Waals surface area contributed by atoms with Crippen LogP contribution in [-0.2, 0) is 14.4 Å². The summed E-state index contributed by atoms with van der Waals surface area (Å²) in [6, 6.07) is 0. The number of hydrogen-bond donors (Lipinski definition) is 1. The van der Waals surface area contributed by atoms with Gasteiger partial charge in [-0.1, -0.05) is 0 Å². The lowest BCUT2D eigenvalue weighted by molar-refractivity contribution is -0.191. The Hall–Kier alpha value is -1.15. The molecule has 0 spiro atoms. The molecule has 4 heteroatoms. The van der Waals surface area contributed by atoms with Gasteiger partial charge in [0.2, 0.25) is 0 Å². The van der Waals surface area contributed by atoms with Crippen LogP contribution in [0.4, 0.5) is 0 Å². The zero-order chi connectivity index (χ0) is 6.28. The summed E-state index contributed by atoms with van der Waals surface area (Å²) in [4.78, 5) is 25.2. The fourth-order valence-electron chi connectivity index (χ4n) is 0. The summed E-state index contributed by atoms with van der Waals surface area (Å²) in [6.07, 6.45) is 0.250. The zero-order valence-electron chi connectivity index (χ0n) is 3.67. The van der Waals surface area contributed by atoms with Crippen molar-refractivity contribution in [1.82, 2.24) is 0 Å². The predicted molar refractivity (Wildman–Crippen MR) is 18.3 cm³/mol. The predicted octanol–water partition coefficient (Wildman–Crippen LogP) is -0.493. The zero-order valence-corrected chi connectivity index (χ0v) is 3.67. The Kier molecular flexibility index (Phi) is 11.7. The van der Waals surface area contributed by atoms with Gasteiger partial charge in [0, 0.05) is 6.92 Å². The van der Waals surface area contributed by atoms with E-state index in [9.17, 15) is 0 Å². The standard InChI is InChI=1S/C2H4O2.CO2/c1-2(3)4;2-1-3/h1H3,(H,3,4);. The maximum Gasteiger partial charge on any atom is 0.373 e. The first-order valence-electron chi connectivity index (χ1n) is 1.34. The fourth-order valence-corrected chi connectivity index (χ4v) is 0. The molecule has 0 rings (SSSR count). The van der Waals surface area contributed by atoms with Crippen LogP contribution in [0.3, 0.4) is 0 Å². The second-order valence-corrected chi connectivity index (χ2v) is 0.602. The summed E-state index contributed by atoms with van der Waals surface area (Å²) >= 11 is 0. The van der Waals surface area contributed by atoms with E-state index in [1.54, 1.807) is 0 Å². The molecule has 0 aliphatic carbocycles. The van der Waals surface area contributed by atoms with E-state index in [0.29, 0.717) is 0 Å². The number of carbonyl (C=O) groups is 1. The number of carboxylic acid groups (broad SMARTS) is 1. The molecule has 0 saturated carbocycles. The lowest BCUT2D eigenvalue weighted by Crippen LogP contribution is -1.78. The molecule has 0 bridgehead atoms. The van der Waals surface area contributed by atoms with E-state index < -0.39 is 5.97 Å². The van der Waals surface area contributed by atoms with Gasteiger partial charge in [0.15, 0.2) is 0 Å². The van der Waals surface area contributed by atoms with Gasteiger partial charge in [-0.25, -0.2) is 0 Å². The second-order valence-electron chi connectivity index (χ2n) is 0.602. The molecule has 0 aromatic rings. The van der Waals surface area contributed by atoms with Crippen LogP contribution in [0.5, 0.6) is 0 Å². The van der Waals surface area contributed by atoms with Crippen molar-refractivity contribution < 1.29 is 19.5 Å². The Morgan fingerprint density at radius 2 is 1.57 bits per heavy atom. The van der Waals surface area contributed by atoms with Crippen LogP contribution in [0.25, 0.3) is 0 Å². The molecule has 0 unspecified atom stereocenters. The van der Waals surface area contributed by atoms with Gasteiger partial charge < -0.3 is 5.11 Å². The number of carbonyl (C=O) groups excluding carboxylic acids is 2. The molecule has 40 valence electrons. The van der Waals surface area contributed by atoms with Crippen LogP contribution < -0.4 is 0 Å². The van der Waals surface area contributed by atoms with Crippen molar-refractivity contribution in [2.45, 2.75) is 6.92 Å². The van der Waals surface area contributed by atoms with Crippen LogP contribution in [-0.4, -0.2) is 17.2 Å². The molecular formula is C3H4O4. The second kappa shape index (κ2) is 8.85. The van der Waals surface area contributed by atoms with Crippen molar-refractivity contribution >= 4 is 12.1 Å². The van der Waals surface area contributed by atoms with Crippen LogP contribution in [0, 0.1) is 0 Å². The summed E-state index contributed by atoms with van der Waals surface area (Å²) in [5, 5.41) is 7.42. The molecule has 0 fully saturated rings. The minimum atomic E-state index is -0.833. The first-order chi connectivity index (χ1) is 3.15. The summed E-state index contributed by atoms with van der Waals surface area (Å²) in [6.45, 7) is 1.08. The molecule has 0 aromatic carbocycles. The van der Waals surface area contributed by atoms with Crippen LogP contribution in [0.1, 0.15) is 6.92 Å². The highest BCUT2D eigenvalue weighted by Gasteiger charge is 1.65. The third kappa shape index (κ3) is 29.8. The Morgan fingerprint density at radius 1 is 1.57 bits per heavy atom. The minimum absolute atomic E-state index is 0.250. The molecule has 0 atom stereocenters. The highest BCUT2D eigenvalue weighted by atomic mass is 16.4. The average molecular weight is 104 g/mol. The third-order valence-electron chi connectivity index (χ3n) is 0. The van der Waals surface area contributed by atoms with E-state index in [1.165, 1.54) is 0 Å². The maximum absolute atomic E-state index is 9.00. The van der Waals surface area contributed by atoms with E-state index in [0.717, 1.165) is 6.92 Å². The minimum Gasteiger partial charge on any atom is -0.481 e. The van der Waals surface area contributed by atoms with E-state index in [-0.39, 0.29) is 6.15 Å². The highest BCUT2D eigenvalue weighted by Crippen LogP contribution is 1.42. The number of rotatable bonds is 0. The molecule has 0 aliphatic rings. The van der Waals surface area contributed by atoms with E-state index in [4.69, 9.17) is 19.5 Å². The Labute approximate surface area is 39.8 Å². The van der Waals surface area contributed by atoms with Gasteiger partial charge in [0.05, 0.1) is 0 Å². The Balaban J connectivity index is 0. The normalized spacial score (nSPS) is 4.71. The first kappa shape index (κ1) is 9.28. The number of carboxylic acids is 1. The fraction of sp³-hybridized carbons (Fsp3) is 0.333. The lowest BCUT2D eigenvalue weighted by atomic mass is 10.9. The average Bonchev–Trinajstić information content (AvgIpc) is 1.33. The van der Waals surface area contributed by atoms with Crippen molar-refractivity contribution in [3.05, 3.63) is 0 Å². The van der Waals surface area contributed by atoms with Gasteiger partial charge in [0.1, 0.15) is 0 Å². The molecule has 0 saturated heterocycles. The largest absolute Gasteiger partial charge is 0.481 e. The van der Waals surface area contributed by atoms with E-state index in [1.807, 2.05) is 0 Å². The molecule has 0 radical (unpaired) electrons. The maximum atomic E-state index is 9.00. The molecule has 0 heterocycles. The van der Waals surface area contributed by atoms with Crippen molar-refractivity contribution in [2.24, 2.45) is 0 Å². The SMILES string of the molecule is CC(=O)O.O=C=O. The van der Waals surface area contributed by atoms with Gasteiger partial charge in [-0.15, -0.1) is 0 Å². The van der Waals surface area contributed by atoms with Crippen LogP contribution in [0.2, 0.25) is 0 Å². The first-order valence-corrected chi connectivity index (χ1v) is 1.34. The third-order valence-corrected chi connectivity index (χ3v) is 0. The molecule has 0 aromatic heterocycles. The van der Waals surface area contributed by atoms with Crippen molar-refractivity contribution in [2.75, 3.05) is 0 Å². The number of hydrogen-bond acceptors (Lipinski definition) is 3. The summed E-state index contributed by atoms with van der Waals surface area (Å²) in [5.74, 6) is -0.833. The molecule has 0 aliphatic heterocycles. The van der Waals surface area contributed by atoms with E-state index in [2.05, 4.69) is 0 Å². The molecule has 0 amide bonds. The molecule has 7 heavy (non-hydrogen) atoms. The van der Waals surface area contributed by atoms with Crippen LogP contribution in [0.15, 0.2) is 0 Å². The van der Waals surface area contributed by atoms with Gasteiger partial charge in [0.25, 0.3) is 5.97 Å². The van der Waals surface area contributed by atoms with E-state index >= 15 is 0 Å². The Morgan fingerprint density at radius 3 is 1.57 bits per heavy atom. The quantitative estimate of drug-likeness (QED) is 0.450. The van der Waals surface area contributed by atoms with Gasteiger partial charge in [-0.05, 0) is 0 Å². The smallest absolute Gasteiger partial charge is 0.373 e. The van der Waals surface area contributed by atoms with Crippen molar-refractivity contribution in [1.29, 1.82) is 0 Å². The summed E-state index contributed by atoms with van der Waals surface area (Å²) in [5.41, 5.74) is 0. The number of aliphatic carboxylic acids is 1. The van der Waals surface area contributed by atoms with Crippen molar-refractivity contribution in [3.8, 4) is 0 Å². The topological polar surface area (TPSA) is 71.4 Å². The van der Waals surface area contributed by atoms with Gasteiger partial charge >= 0.3 is 6.15 Å². The molecular weight excluding hydrogens is 100 g/mol. The summed E-state index contributed by atoms with van der Waals surface area (Å²) in [7, 11) is 0. The monoisotopic (exact) mass is 104 g/mol. The van der Waals surface area contributed by atoms with Crippen LogP contribution >= 0.6 is 0 Å². The highest BCUT2D eigenvalue weighted by molar-refractivity contribution is 5.62. The molecule has 4 nitrogen and oxygen atoms in total.